The second-order valence-corrected chi connectivity index (χ2v) is 2.26. The molecular formula is C7H13B2NNa2O6. The molecule has 0 fully saturated rings. The Morgan fingerprint density at radius 1 is 0.944 bits per heavy atom. The topological polar surface area (TPSA) is 103 Å². The van der Waals surface area contributed by atoms with Crippen molar-refractivity contribution < 1.29 is 87.5 Å². The van der Waals surface area contributed by atoms with Crippen molar-refractivity contribution >= 4 is 33.1 Å². The maximum Gasteiger partial charge on any atom is 1.00 e. The molecule has 0 atom stereocenters. The summed E-state index contributed by atoms with van der Waals surface area (Å²) in [6.07, 6.45) is 0. The van der Waals surface area contributed by atoms with Gasteiger partial charge in [0, 0.05) is 20.8 Å². The molecule has 0 aliphatic rings. The SMILES string of the molecule is CC(=O)O[BH-](OC(C)=O)OC(C)=O.[BH3-]C#N.[Na+].[Na+]. The van der Waals surface area contributed by atoms with Gasteiger partial charge in [0.05, 0.1) is 7.85 Å². The molecule has 0 aromatic carbocycles. The minimum Gasteiger partial charge on any atom is -0.625 e. The zero-order valence-corrected chi connectivity index (χ0v) is 14.6. The maximum atomic E-state index is 10.4. The van der Waals surface area contributed by atoms with Gasteiger partial charge < -0.3 is 14.0 Å². The number of hydrogen-bond donors (Lipinski definition) is 0. The van der Waals surface area contributed by atoms with E-state index in [0.29, 0.717) is 0 Å². The average Bonchev–Trinajstić information content (AvgIpc) is 2.00. The van der Waals surface area contributed by atoms with Crippen LogP contribution in [0.25, 0.3) is 0 Å². The van der Waals surface area contributed by atoms with E-state index in [2.05, 4.69) is 14.0 Å². The molecule has 11 heteroatoms. The second-order valence-electron chi connectivity index (χ2n) is 2.26. The van der Waals surface area contributed by atoms with E-state index in [-0.39, 0.29) is 67.0 Å². The summed E-state index contributed by atoms with van der Waals surface area (Å²) in [4.78, 5) is 31.3. The van der Waals surface area contributed by atoms with Crippen LogP contribution in [0.1, 0.15) is 20.8 Å². The van der Waals surface area contributed by atoms with Crippen LogP contribution in [-0.4, -0.2) is 33.1 Å². The molecule has 0 bridgehead atoms. The van der Waals surface area contributed by atoms with Gasteiger partial charge in [-0.25, -0.2) is 0 Å². The molecule has 0 amide bonds. The molecule has 18 heavy (non-hydrogen) atoms. The molecule has 0 saturated heterocycles. The van der Waals surface area contributed by atoms with Gasteiger partial charge in [-0.15, -0.1) is 0 Å². The monoisotopic (exact) mass is 275 g/mol. The van der Waals surface area contributed by atoms with Crippen LogP contribution in [0.4, 0.5) is 0 Å². The van der Waals surface area contributed by atoms with Crippen molar-refractivity contribution in [3.63, 3.8) is 0 Å². The van der Waals surface area contributed by atoms with E-state index in [9.17, 15) is 14.4 Å². The van der Waals surface area contributed by atoms with Crippen molar-refractivity contribution in [2.24, 2.45) is 0 Å². The molecule has 0 aliphatic heterocycles. The summed E-state index contributed by atoms with van der Waals surface area (Å²) < 4.78 is 13.3. The third kappa shape index (κ3) is 25.0. The first-order valence-corrected chi connectivity index (χ1v) is 3.81. The summed E-state index contributed by atoms with van der Waals surface area (Å²) in [6.45, 7) is 3.35. The quantitative estimate of drug-likeness (QED) is 0.471. The molecule has 0 spiro atoms. The fourth-order valence-corrected chi connectivity index (χ4v) is 0.586. The molecule has 0 aromatic rings. The molecule has 0 unspecified atom stereocenters. The summed E-state index contributed by atoms with van der Waals surface area (Å²) in [5.74, 6) is -0.0347. The average molecular weight is 275 g/mol. The summed E-state index contributed by atoms with van der Waals surface area (Å²) in [6, 6.07) is 0. The Kier molecular flexibility index (Phi) is 25.1. The van der Waals surface area contributed by atoms with Crippen LogP contribution >= 0.6 is 0 Å². The van der Waals surface area contributed by atoms with Crippen LogP contribution in [0.3, 0.4) is 0 Å². The van der Waals surface area contributed by atoms with Crippen LogP contribution in [0.2, 0.25) is 0 Å². The number of carbonyl (C=O) groups is 3. The smallest absolute Gasteiger partial charge is 0.625 e. The van der Waals surface area contributed by atoms with Crippen LogP contribution in [0, 0.1) is 11.2 Å². The third-order valence-electron chi connectivity index (χ3n) is 0.963. The Bertz CT molecular complexity index is 271. The van der Waals surface area contributed by atoms with Gasteiger partial charge in [0.2, 0.25) is 0 Å². The number of nitrogens with zero attached hydrogens (tertiary/aromatic N) is 1. The van der Waals surface area contributed by atoms with Crippen molar-refractivity contribution in [2.45, 2.75) is 20.8 Å². The minimum absolute atomic E-state index is 0. The first-order valence-electron chi connectivity index (χ1n) is 3.81. The molecule has 0 rings (SSSR count). The fraction of sp³-hybridized carbons (Fsp3) is 0.429. The van der Waals surface area contributed by atoms with Crippen LogP contribution in [-0.2, 0) is 28.3 Å². The van der Waals surface area contributed by atoms with E-state index >= 15 is 0 Å². The first kappa shape index (κ1) is 26.6. The summed E-state index contributed by atoms with van der Waals surface area (Å²) in [5.41, 5.74) is 0. The number of rotatable bonds is 3. The van der Waals surface area contributed by atoms with Gasteiger partial charge in [0.25, 0.3) is 17.9 Å². The van der Waals surface area contributed by atoms with Gasteiger partial charge >= 0.3 is 66.4 Å². The van der Waals surface area contributed by atoms with E-state index in [4.69, 9.17) is 5.26 Å². The molecule has 0 radical (unpaired) electrons. The Morgan fingerprint density at radius 3 is 1.22 bits per heavy atom. The Hall–Kier alpha value is 0.0299. The van der Waals surface area contributed by atoms with Crippen molar-refractivity contribution in [1.29, 1.82) is 5.26 Å². The normalized spacial score (nSPS) is 7.11. The van der Waals surface area contributed by atoms with Gasteiger partial charge in [-0.2, -0.15) is 5.97 Å². The van der Waals surface area contributed by atoms with Gasteiger partial charge in [-0.1, -0.05) is 0 Å². The third-order valence-corrected chi connectivity index (χ3v) is 0.963. The summed E-state index contributed by atoms with van der Waals surface area (Å²) in [7, 11) is -2.34. The van der Waals surface area contributed by atoms with E-state index in [0.717, 1.165) is 20.8 Å². The molecule has 0 aromatic heterocycles. The zero-order valence-electron chi connectivity index (χ0n) is 10.6. The van der Waals surface area contributed by atoms with Gasteiger partial charge in [0.1, 0.15) is 0 Å². The molecule has 0 N–H and O–H groups in total. The van der Waals surface area contributed by atoms with Gasteiger partial charge in [0.15, 0.2) is 0 Å². The van der Waals surface area contributed by atoms with Crippen molar-refractivity contribution in [2.75, 3.05) is 0 Å². The van der Waals surface area contributed by atoms with Crippen LogP contribution < -0.4 is 59.1 Å². The van der Waals surface area contributed by atoms with Crippen molar-refractivity contribution in [3.8, 4) is 5.97 Å². The molecule has 0 aliphatic carbocycles. The molecule has 0 heterocycles. The molecule has 0 saturated carbocycles. The molecule has 90 valence electrons. The summed E-state index contributed by atoms with van der Waals surface area (Å²) in [5, 5.41) is 7.43. The number of carbonyl (C=O) groups excluding carboxylic acids is 3. The first-order chi connectivity index (χ1) is 7.33. The fourth-order valence-electron chi connectivity index (χ4n) is 0.586. The number of hydrogen-bond acceptors (Lipinski definition) is 7. The van der Waals surface area contributed by atoms with Crippen LogP contribution in [0.5, 0.6) is 0 Å². The maximum absolute atomic E-state index is 10.4. The van der Waals surface area contributed by atoms with Gasteiger partial charge in [-0.05, 0) is 0 Å². The van der Waals surface area contributed by atoms with E-state index in [1.165, 1.54) is 0 Å². The molecular weight excluding hydrogens is 262 g/mol. The van der Waals surface area contributed by atoms with E-state index < -0.39 is 25.2 Å². The van der Waals surface area contributed by atoms with E-state index in [1.807, 2.05) is 5.97 Å². The Labute approximate surface area is 151 Å². The number of nitriles is 1. The second kappa shape index (κ2) is 17.0. The molecule has 7 nitrogen and oxygen atoms in total. The largest absolute Gasteiger partial charge is 1.00 e. The zero-order chi connectivity index (χ0) is 13.1. The van der Waals surface area contributed by atoms with Crippen molar-refractivity contribution in [3.05, 3.63) is 0 Å². The van der Waals surface area contributed by atoms with Crippen LogP contribution in [0.15, 0.2) is 0 Å². The van der Waals surface area contributed by atoms with Gasteiger partial charge in [-0.3, -0.25) is 19.6 Å². The van der Waals surface area contributed by atoms with E-state index in [1.54, 1.807) is 0 Å². The minimum atomic E-state index is -2.41. The predicted octanol–water partition coefficient (Wildman–Crippen LogP) is -7.77. The Balaban J connectivity index is -0.000000177. The van der Waals surface area contributed by atoms with Crippen molar-refractivity contribution in [1.82, 2.24) is 0 Å². The standard InChI is InChI=1S/C6H10BO6.CH3BN.2Na/c1-4(8)11-7(12-5(2)9)13-6(3)10;2-1-3;;/h7H,1-3H3;2H3;;/q2*-1;2*+1. The Morgan fingerprint density at radius 2 is 1.11 bits per heavy atom. The summed E-state index contributed by atoms with van der Waals surface area (Å²) >= 11 is 0. The predicted molar refractivity (Wildman–Crippen MR) is 58.0 cm³/mol.